The molecule has 2 rings (SSSR count). The minimum atomic E-state index is -0.254. The van der Waals surface area contributed by atoms with Crippen molar-refractivity contribution in [1.82, 2.24) is 14.9 Å². The number of hydrogen-bond acceptors (Lipinski definition) is 3. The van der Waals surface area contributed by atoms with Crippen molar-refractivity contribution >= 4 is 5.91 Å². The highest BCUT2D eigenvalue weighted by molar-refractivity contribution is 5.76. The molecule has 1 heterocycles. The molecule has 0 aliphatic heterocycles. The summed E-state index contributed by atoms with van der Waals surface area (Å²) in [5.74, 6) is 0.333. The van der Waals surface area contributed by atoms with Gasteiger partial charge in [0.05, 0.1) is 6.33 Å². The minimum absolute atomic E-state index is 0.0103. The normalized spacial score (nSPS) is 13.6. The molecule has 0 saturated heterocycles. The number of carbonyl (C=O) groups is 1. The van der Waals surface area contributed by atoms with Gasteiger partial charge < -0.3 is 15.6 Å². The molecule has 1 aromatic carbocycles. The summed E-state index contributed by atoms with van der Waals surface area (Å²) in [4.78, 5) is 15.9. The van der Waals surface area contributed by atoms with Crippen LogP contribution in [0.3, 0.4) is 0 Å². The molecule has 3 N–H and O–H groups in total. The second kappa shape index (κ2) is 7.59. The first-order valence-electron chi connectivity index (χ1n) is 7.18. The van der Waals surface area contributed by atoms with E-state index in [1.54, 1.807) is 12.5 Å². The van der Waals surface area contributed by atoms with Gasteiger partial charge in [-0.1, -0.05) is 37.3 Å². The van der Waals surface area contributed by atoms with Crippen molar-refractivity contribution in [2.75, 3.05) is 6.54 Å². The topological polar surface area (TPSA) is 72.9 Å². The lowest BCUT2D eigenvalue weighted by Gasteiger charge is -2.15. The molecule has 0 radical (unpaired) electrons. The molecule has 21 heavy (non-hydrogen) atoms. The number of nitrogens with one attached hydrogen (secondary N) is 1. The molecule has 5 nitrogen and oxygen atoms in total. The Labute approximate surface area is 125 Å². The fourth-order valence-electron chi connectivity index (χ4n) is 2.20. The molecule has 112 valence electrons. The van der Waals surface area contributed by atoms with E-state index in [1.807, 2.05) is 41.1 Å². The van der Waals surface area contributed by atoms with Crippen LogP contribution < -0.4 is 11.1 Å². The van der Waals surface area contributed by atoms with Crippen LogP contribution >= 0.6 is 0 Å². The highest BCUT2D eigenvalue weighted by atomic mass is 16.1. The Morgan fingerprint density at radius 2 is 2.14 bits per heavy atom. The molecule has 2 atom stereocenters. The van der Waals surface area contributed by atoms with Gasteiger partial charge in [0.15, 0.2) is 0 Å². The second-order valence-electron chi connectivity index (χ2n) is 5.39. The number of rotatable bonds is 7. The lowest BCUT2D eigenvalue weighted by atomic mass is 10.0. The van der Waals surface area contributed by atoms with Gasteiger partial charge >= 0.3 is 0 Å². The number of nitrogens with two attached hydrogens (primary N) is 1. The van der Waals surface area contributed by atoms with Crippen LogP contribution in [0.25, 0.3) is 0 Å². The average Bonchev–Trinajstić information content (AvgIpc) is 2.99. The summed E-state index contributed by atoms with van der Waals surface area (Å²) in [6, 6.07) is 9.43. The predicted molar refractivity (Wildman–Crippen MR) is 82.4 cm³/mol. The molecule has 0 bridgehead atoms. The Bertz CT molecular complexity index is 539. The third-order valence-electron chi connectivity index (χ3n) is 3.36. The van der Waals surface area contributed by atoms with Gasteiger partial charge in [0, 0.05) is 37.9 Å². The van der Waals surface area contributed by atoms with Gasteiger partial charge in [0.2, 0.25) is 5.91 Å². The zero-order valence-electron chi connectivity index (χ0n) is 12.3. The Morgan fingerprint density at radius 1 is 1.38 bits per heavy atom. The number of carbonyl (C=O) groups excluding carboxylic acids is 1. The first-order valence-corrected chi connectivity index (χ1v) is 7.18. The molecule has 0 fully saturated rings. The van der Waals surface area contributed by atoms with Crippen molar-refractivity contribution in [3.05, 3.63) is 54.6 Å². The fraction of sp³-hybridized carbons (Fsp3) is 0.375. The number of nitrogens with zero attached hydrogens (tertiary/aromatic N) is 2. The molecule has 0 aliphatic carbocycles. The van der Waals surface area contributed by atoms with Crippen molar-refractivity contribution in [2.45, 2.75) is 25.9 Å². The van der Waals surface area contributed by atoms with Crippen LogP contribution in [0.5, 0.6) is 0 Å². The summed E-state index contributed by atoms with van der Waals surface area (Å²) in [6.45, 7) is 3.57. The van der Waals surface area contributed by atoms with Gasteiger partial charge in [-0.25, -0.2) is 4.98 Å². The summed E-state index contributed by atoms with van der Waals surface area (Å²) in [6.07, 6.45) is 5.76. The predicted octanol–water partition coefficient (Wildman–Crippen LogP) is 1.73. The third-order valence-corrected chi connectivity index (χ3v) is 3.36. The Hall–Kier alpha value is -2.14. The third kappa shape index (κ3) is 5.04. The van der Waals surface area contributed by atoms with Crippen LogP contribution in [0.15, 0.2) is 49.1 Å². The zero-order chi connectivity index (χ0) is 15.1. The molecule has 1 aromatic heterocycles. The average molecular weight is 286 g/mol. The number of benzene rings is 1. The SMILES string of the molecule is CC(CNC(=O)CC(N)c1ccccc1)Cn1ccnc1. The number of aromatic nitrogens is 2. The van der Waals surface area contributed by atoms with E-state index in [0.29, 0.717) is 18.9 Å². The van der Waals surface area contributed by atoms with Crippen LogP contribution in [-0.2, 0) is 11.3 Å². The Morgan fingerprint density at radius 3 is 2.81 bits per heavy atom. The molecule has 0 aliphatic rings. The van der Waals surface area contributed by atoms with E-state index >= 15 is 0 Å². The van der Waals surface area contributed by atoms with E-state index < -0.39 is 0 Å². The first-order chi connectivity index (χ1) is 10.1. The van der Waals surface area contributed by atoms with Crippen LogP contribution in [0.2, 0.25) is 0 Å². The van der Waals surface area contributed by atoms with E-state index in [2.05, 4.69) is 17.2 Å². The van der Waals surface area contributed by atoms with Gasteiger partial charge in [0.25, 0.3) is 0 Å². The maximum absolute atomic E-state index is 11.9. The van der Waals surface area contributed by atoms with Crippen molar-refractivity contribution in [2.24, 2.45) is 11.7 Å². The summed E-state index contributed by atoms with van der Waals surface area (Å²) >= 11 is 0. The number of amides is 1. The molecule has 0 spiro atoms. The summed E-state index contributed by atoms with van der Waals surface area (Å²) in [5.41, 5.74) is 7.02. The van der Waals surface area contributed by atoms with Crippen LogP contribution in [-0.4, -0.2) is 22.0 Å². The highest BCUT2D eigenvalue weighted by Gasteiger charge is 2.12. The van der Waals surface area contributed by atoms with Crippen LogP contribution in [0.4, 0.5) is 0 Å². The fourth-order valence-corrected chi connectivity index (χ4v) is 2.20. The van der Waals surface area contributed by atoms with Crippen LogP contribution in [0.1, 0.15) is 24.9 Å². The van der Waals surface area contributed by atoms with Crippen LogP contribution in [0, 0.1) is 5.92 Å². The van der Waals surface area contributed by atoms with E-state index in [1.165, 1.54) is 0 Å². The number of imidazole rings is 1. The van der Waals surface area contributed by atoms with Crippen molar-refractivity contribution in [1.29, 1.82) is 0 Å². The lowest BCUT2D eigenvalue weighted by molar-refractivity contribution is -0.121. The van der Waals surface area contributed by atoms with E-state index in [9.17, 15) is 4.79 Å². The standard InChI is InChI=1S/C16H22N4O/c1-13(11-20-8-7-18-12-20)10-19-16(21)9-15(17)14-5-3-2-4-6-14/h2-8,12-13,15H,9-11,17H2,1H3,(H,19,21). The molecule has 5 heteroatoms. The van der Waals surface area contributed by atoms with Gasteiger partial charge in [-0.2, -0.15) is 0 Å². The Kier molecular flexibility index (Phi) is 5.51. The van der Waals surface area contributed by atoms with Crippen molar-refractivity contribution in [3.8, 4) is 0 Å². The quantitative estimate of drug-likeness (QED) is 0.814. The molecule has 2 aromatic rings. The molecular weight excluding hydrogens is 264 g/mol. The van der Waals surface area contributed by atoms with Gasteiger partial charge in [0.1, 0.15) is 0 Å². The maximum Gasteiger partial charge on any atom is 0.221 e. The van der Waals surface area contributed by atoms with Crippen molar-refractivity contribution in [3.63, 3.8) is 0 Å². The van der Waals surface area contributed by atoms with Gasteiger partial charge in [-0.3, -0.25) is 4.79 Å². The summed E-state index contributed by atoms with van der Waals surface area (Å²) < 4.78 is 2.01. The van der Waals surface area contributed by atoms with E-state index in [4.69, 9.17) is 5.73 Å². The smallest absolute Gasteiger partial charge is 0.221 e. The minimum Gasteiger partial charge on any atom is -0.356 e. The van der Waals surface area contributed by atoms with Gasteiger partial charge in [-0.15, -0.1) is 0 Å². The van der Waals surface area contributed by atoms with Crippen molar-refractivity contribution < 1.29 is 4.79 Å². The van der Waals surface area contributed by atoms with E-state index in [0.717, 1.165) is 12.1 Å². The van der Waals surface area contributed by atoms with Gasteiger partial charge in [-0.05, 0) is 11.5 Å². The maximum atomic E-state index is 11.9. The zero-order valence-corrected chi connectivity index (χ0v) is 12.3. The number of hydrogen-bond donors (Lipinski definition) is 2. The Balaban J connectivity index is 1.72. The molecule has 2 unspecified atom stereocenters. The molecule has 1 amide bonds. The second-order valence-corrected chi connectivity index (χ2v) is 5.39. The highest BCUT2D eigenvalue weighted by Crippen LogP contribution is 2.12. The molecule has 0 saturated carbocycles. The monoisotopic (exact) mass is 286 g/mol. The lowest BCUT2D eigenvalue weighted by Crippen LogP contribution is -2.32. The summed E-state index contributed by atoms with van der Waals surface area (Å²) in [7, 11) is 0. The summed E-state index contributed by atoms with van der Waals surface area (Å²) in [5, 5.41) is 2.94. The first kappa shape index (κ1) is 15.3. The van der Waals surface area contributed by atoms with E-state index in [-0.39, 0.29) is 11.9 Å². The largest absolute Gasteiger partial charge is 0.356 e. The molecular formula is C16H22N4O.